The van der Waals surface area contributed by atoms with Crippen molar-refractivity contribution in [3.05, 3.63) is 33.4 Å². The van der Waals surface area contributed by atoms with E-state index in [1.165, 1.54) is 22.2 Å². The van der Waals surface area contributed by atoms with Crippen molar-refractivity contribution in [1.29, 1.82) is 0 Å². The van der Waals surface area contributed by atoms with Crippen molar-refractivity contribution >= 4 is 39.2 Å². The van der Waals surface area contributed by atoms with Crippen LogP contribution in [0.15, 0.2) is 22.6 Å². The van der Waals surface area contributed by atoms with Crippen LogP contribution >= 0.6 is 23.1 Å². The zero-order valence-corrected chi connectivity index (χ0v) is 18.5. The van der Waals surface area contributed by atoms with Crippen molar-refractivity contribution in [2.45, 2.75) is 70.6 Å². The molecule has 1 aliphatic rings. The fraction of sp³-hybridized carbons (Fsp3) is 0.571. The molecular weight excluding hydrogens is 390 g/mol. The van der Waals surface area contributed by atoms with Crippen LogP contribution in [-0.2, 0) is 24.2 Å². The lowest BCUT2D eigenvalue weighted by molar-refractivity contribution is -0.119. The van der Waals surface area contributed by atoms with Crippen molar-refractivity contribution in [2.24, 2.45) is 5.92 Å². The molecule has 0 bridgehead atoms. The largest absolute Gasteiger partial charge is 0.353 e. The zero-order valence-electron chi connectivity index (χ0n) is 16.9. The second-order valence-electron chi connectivity index (χ2n) is 7.68. The highest BCUT2D eigenvalue weighted by atomic mass is 32.2. The summed E-state index contributed by atoms with van der Waals surface area (Å²) >= 11 is 2.98. The highest BCUT2D eigenvalue weighted by Crippen LogP contribution is 2.36. The summed E-state index contributed by atoms with van der Waals surface area (Å²) in [6, 6.07) is 0.162. The third kappa shape index (κ3) is 4.51. The molecule has 7 heteroatoms. The SMILES string of the molecule is C=CCn1c(SCC(=O)N[C@H](C)CCC)nc2sc3c(c2c1=O)CC[C@H](C)C3. The predicted molar refractivity (Wildman–Crippen MR) is 119 cm³/mol. The van der Waals surface area contributed by atoms with Crippen LogP contribution in [0.25, 0.3) is 10.2 Å². The molecule has 1 N–H and O–H groups in total. The number of carbonyl (C=O) groups is 1. The Morgan fingerprint density at radius 3 is 3.04 bits per heavy atom. The monoisotopic (exact) mass is 419 g/mol. The molecule has 3 rings (SSSR count). The summed E-state index contributed by atoms with van der Waals surface area (Å²) < 4.78 is 1.66. The molecule has 0 saturated carbocycles. The van der Waals surface area contributed by atoms with E-state index in [1.807, 2.05) is 6.92 Å². The number of rotatable bonds is 8. The van der Waals surface area contributed by atoms with Crippen LogP contribution in [0, 0.1) is 5.92 Å². The van der Waals surface area contributed by atoms with E-state index in [0.717, 1.165) is 42.3 Å². The summed E-state index contributed by atoms with van der Waals surface area (Å²) in [6.45, 7) is 10.6. The van der Waals surface area contributed by atoms with Crippen LogP contribution < -0.4 is 10.9 Å². The number of nitrogens with zero attached hydrogens (tertiary/aromatic N) is 2. The molecular formula is C21H29N3O2S2. The van der Waals surface area contributed by atoms with Crippen LogP contribution in [0.1, 0.15) is 50.5 Å². The smallest absolute Gasteiger partial charge is 0.263 e. The first-order valence-corrected chi connectivity index (χ1v) is 11.8. The number of aromatic nitrogens is 2. The average molecular weight is 420 g/mol. The quantitative estimate of drug-likeness (QED) is 0.396. The Kier molecular flexibility index (Phi) is 6.99. The van der Waals surface area contributed by atoms with Gasteiger partial charge in [-0.25, -0.2) is 4.98 Å². The fourth-order valence-electron chi connectivity index (χ4n) is 3.76. The topological polar surface area (TPSA) is 64.0 Å². The van der Waals surface area contributed by atoms with E-state index in [4.69, 9.17) is 4.98 Å². The molecule has 0 saturated heterocycles. The first-order valence-electron chi connectivity index (χ1n) is 10.0. The van der Waals surface area contributed by atoms with Gasteiger partial charge in [0, 0.05) is 17.5 Å². The second kappa shape index (κ2) is 9.27. The Balaban J connectivity index is 1.89. The highest BCUT2D eigenvalue weighted by molar-refractivity contribution is 7.99. The number of carbonyl (C=O) groups excluding carboxylic acids is 1. The minimum absolute atomic E-state index is 0.000729. The van der Waals surface area contributed by atoms with Gasteiger partial charge in [-0.2, -0.15) is 0 Å². The maximum Gasteiger partial charge on any atom is 0.263 e. The maximum absolute atomic E-state index is 13.2. The summed E-state index contributed by atoms with van der Waals surface area (Å²) in [6.07, 6.45) is 6.80. The van der Waals surface area contributed by atoms with Gasteiger partial charge in [-0.1, -0.05) is 38.1 Å². The van der Waals surface area contributed by atoms with E-state index in [0.29, 0.717) is 17.6 Å². The number of fused-ring (bicyclic) bond motifs is 3. The van der Waals surface area contributed by atoms with E-state index in [2.05, 4.69) is 25.7 Å². The summed E-state index contributed by atoms with van der Waals surface area (Å²) in [4.78, 5) is 32.4. The van der Waals surface area contributed by atoms with Crippen LogP contribution in [0.5, 0.6) is 0 Å². The molecule has 2 atom stereocenters. The van der Waals surface area contributed by atoms with Crippen LogP contribution in [0.2, 0.25) is 0 Å². The van der Waals surface area contributed by atoms with E-state index < -0.39 is 0 Å². The summed E-state index contributed by atoms with van der Waals surface area (Å²) in [7, 11) is 0. The van der Waals surface area contributed by atoms with Crippen LogP contribution in [0.4, 0.5) is 0 Å². The molecule has 2 heterocycles. The number of amides is 1. The van der Waals surface area contributed by atoms with Crippen molar-refractivity contribution in [3.63, 3.8) is 0 Å². The van der Waals surface area contributed by atoms with Crippen molar-refractivity contribution < 1.29 is 4.79 Å². The van der Waals surface area contributed by atoms with Crippen LogP contribution in [0.3, 0.4) is 0 Å². The summed E-state index contributed by atoms with van der Waals surface area (Å²) in [5.41, 5.74) is 1.19. The van der Waals surface area contributed by atoms with Gasteiger partial charge in [0.05, 0.1) is 11.1 Å². The molecule has 28 heavy (non-hydrogen) atoms. The van der Waals surface area contributed by atoms with Gasteiger partial charge >= 0.3 is 0 Å². The van der Waals surface area contributed by atoms with Crippen molar-refractivity contribution in [1.82, 2.24) is 14.9 Å². The van der Waals surface area contributed by atoms with Gasteiger partial charge in [0.25, 0.3) is 5.56 Å². The molecule has 0 spiro atoms. The lowest BCUT2D eigenvalue weighted by Gasteiger charge is -2.17. The van der Waals surface area contributed by atoms with Gasteiger partial charge in [0.15, 0.2) is 5.16 Å². The van der Waals surface area contributed by atoms with E-state index >= 15 is 0 Å². The molecule has 2 aromatic rings. The lowest BCUT2D eigenvalue weighted by Crippen LogP contribution is -2.34. The average Bonchev–Trinajstić information content (AvgIpc) is 3.00. The number of allylic oxidation sites excluding steroid dienone is 1. The van der Waals surface area contributed by atoms with Gasteiger partial charge in [-0.05, 0) is 44.1 Å². The maximum atomic E-state index is 13.2. The van der Waals surface area contributed by atoms with Gasteiger partial charge in [0.2, 0.25) is 5.91 Å². The standard InChI is InChI=1S/C21H29N3O2S2/c1-5-7-14(4)22-17(25)12-27-21-23-19-18(20(26)24(21)10-6-2)15-9-8-13(3)11-16(15)28-19/h6,13-14H,2,5,7-12H2,1,3-4H3,(H,22,25)/t13-,14+/m0/s1. The predicted octanol–water partition coefficient (Wildman–Crippen LogP) is 4.17. The molecule has 2 aromatic heterocycles. The van der Waals surface area contributed by atoms with E-state index in [-0.39, 0.29) is 23.3 Å². The van der Waals surface area contributed by atoms with Gasteiger partial charge < -0.3 is 5.32 Å². The van der Waals surface area contributed by atoms with E-state index in [9.17, 15) is 9.59 Å². The molecule has 1 aliphatic carbocycles. The Bertz CT molecular complexity index is 932. The van der Waals surface area contributed by atoms with Crippen LogP contribution in [-0.4, -0.2) is 27.3 Å². The Labute approximate surface area is 174 Å². The molecule has 0 unspecified atom stereocenters. The number of nitrogens with one attached hydrogen (secondary N) is 1. The fourth-order valence-corrected chi connectivity index (χ4v) is 6.00. The number of thiophene rings is 1. The van der Waals surface area contributed by atoms with E-state index in [1.54, 1.807) is 22.0 Å². The summed E-state index contributed by atoms with van der Waals surface area (Å²) in [5, 5.41) is 4.38. The number of aryl methyl sites for hydroxylation is 1. The zero-order chi connectivity index (χ0) is 20.3. The Hall–Kier alpha value is -1.60. The lowest BCUT2D eigenvalue weighted by atomic mass is 9.89. The third-order valence-corrected chi connectivity index (χ3v) is 7.28. The molecule has 152 valence electrons. The van der Waals surface area contributed by atoms with Gasteiger partial charge in [-0.15, -0.1) is 17.9 Å². The number of hydrogen-bond donors (Lipinski definition) is 1. The first kappa shape index (κ1) is 21.1. The number of hydrogen-bond acceptors (Lipinski definition) is 5. The second-order valence-corrected chi connectivity index (χ2v) is 9.70. The summed E-state index contributed by atoms with van der Waals surface area (Å²) in [5.74, 6) is 0.883. The molecule has 1 amide bonds. The molecule has 0 aliphatic heterocycles. The third-order valence-electron chi connectivity index (χ3n) is 5.15. The highest BCUT2D eigenvalue weighted by Gasteiger charge is 2.24. The molecule has 5 nitrogen and oxygen atoms in total. The van der Waals surface area contributed by atoms with Crippen molar-refractivity contribution in [3.8, 4) is 0 Å². The van der Waals surface area contributed by atoms with Gasteiger partial charge in [0.1, 0.15) is 4.83 Å². The Morgan fingerprint density at radius 2 is 2.32 bits per heavy atom. The molecule has 0 fully saturated rings. The Morgan fingerprint density at radius 1 is 1.54 bits per heavy atom. The minimum Gasteiger partial charge on any atom is -0.353 e. The van der Waals surface area contributed by atoms with Crippen molar-refractivity contribution in [2.75, 3.05) is 5.75 Å². The first-order chi connectivity index (χ1) is 13.4. The minimum atomic E-state index is -0.0234. The molecule has 0 radical (unpaired) electrons. The molecule has 0 aromatic carbocycles. The number of thioether (sulfide) groups is 1. The van der Waals surface area contributed by atoms with Gasteiger partial charge in [-0.3, -0.25) is 14.2 Å². The normalized spacial score (nSPS) is 17.3.